The summed E-state index contributed by atoms with van der Waals surface area (Å²) in [4.78, 5) is 11.7. The average Bonchev–Trinajstić information content (AvgIpc) is 2.00. The zero-order valence-electron chi connectivity index (χ0n) is 9.14. The van der Waals surface area contributed by atoms with Crippen molar-refractivity contribution >= 4 is 14.1 Å². The fraction of sp³-hybridized carbons (Fsp3) is 0.900. The topological polar surface area (TPSA) is 26.3 Å². The molecule has 1 heterocycles. The smallest absolute Gasteiger partial charge is 0.188 e. The van der Waals surface area contributed by atoms with Crippen LogP contribution >= 0.6 is 0 Å². The van der Waals surface area contributed by atoms with Crippen LogP contribution in [-0.4, -0.2) is 19.7 Å². The summed E-state index contributed by atoms with van der Waals surface area (Å²) in [7, 11) is -1.53. The van der Waals surface area contributed by atoms with Crippen molar-refractivity contribution in [2.24, 2.45) is 0 Å². The third kappa shape index (κ3) is 2.41. The molecule has 76 valence electrons. The molecule has 0 amide bonds. The predicted molar refractivity (Wildman–Crippen MR) is 56.3 cm³/mol. The van der Waals surface area contributed by atoms with Crippen molar-refractivity contribution in [1.82, 2.24) is 0 Å². The Hall–Kier alpha value is -0.153. The predicted octanol–water partition coefficient (Wildman–Crippen LogP) is 2.74. The van der Waals surface area contributed by atoms with Gasteiger partial charge in [0.15, 0.2) is 14.1 Å². The first-order chi connectivity index (χ1) is 5.90. The molecule has 1 fully saturated rings. The lowest BCUT2D eigenvalue weighted by atomic mass is 9.94. The van der Waals surface area contributed by atoms with E-state index < -0.39 is 13.9 Å². The summed E-state index contributed by atoms with van der Waals surface area (Å²) in [6.45, 7) is 8.29. The molecule has 0 radical (unpaired) electrons. The zero-order valence-corrected chi connectivity index (χ0v) is 10.1. The van der Waals surface area contributed by atoms with E-state index in [0.29, 0.717) is 6.42 Å². The third-order valence-electron chi connectivity index (χ3n) is 2.85. The van der Waals surface area contributed by atoms with E-state index in [1.807, 2.05) is 13.8 Å². The van der Waals surface area contributed by atoms with Crippen LogP contribution in [-0.2, 0) is 9.22 Å². The maximum Gasteiger partial charge on any atom is 0.188 e. The molecule has 1 atom stereocenters. The molecule has 0 saturated carbocycles. The fourth-order valence-corrected chi connectivity index (χ4v) is 4.70. The Kier molecular flexibility index (Phi) is 2.97. The van der Waals surface area contributed by atoms with Crippen LogP contribution in [0.3, 0.4) is 0 Å². The third-order valence-corrected chi connectivity index (χ3v) is 5.41. The van der Waals surface area contributed by atoms with Gasteiger partial charge in [-0.3, -0.25) is 4.79 Å². The molecule has 1 rings (SSSR count). The van der Waals surface area contributed by atoms with Crippen molar-refractivity contribution in [3.63, 3.8) is 0 Å². The van der Waals surface area contributed by atoms with Crippen LogP contribution in [0.5, 0.6) is 0 Å². The molecule has 0 spiro atoms. The molecule has 0 N–H and O–H groups in total. The highest BCUT2D eigenvalue weighted by atomic mass is 28.4. The van der Waals surface area contributed by atoms with Crippen LogP contribution in [0.25, 0.3) is 0 Å². The molecule has 1 aliphatic heterocycles. The van der Waals surface area contributed by atoms with Crippen LogP contribution in [0.2, 0.25) is 19.1 Å². The second kappa shape index (κ2) is 3.54. The van der Waals surface area contributed by atoms with E-state index in [-0.39, 0.29) is 5.78 Å². The van der Waals surface area contributed by atoms with Gasteiger partial charge >= 0.3 is 0 Å². The summed E-state index contributed by atoms with van der Waals surface area (Å²) in [6, 6.07) is 1.19. The molecule has 0 bridgehead atoms. The second-order valence-corrected chi connectivity index (χ2v) is 8.95. The highest BCUT2D eigenvalue weighted by molar-refractivity contribution is 6.71. The number of carbonyl (C=O) groups is 1. The van der Waals surface area contributed by atoms with Crippen molar-refractivity contribution in [3.8, 4) is 0 Å². The van der Waals surface area contributed by atoms with Crippen LogP contribution < -0.4 is 0 Å². The molecule has 0 aromatic carbocycles. The highest BCUT2D eigenvalue weighted by Gasteiger charge is 2.42. The molecule has 0 aromatic rings. The minimum Gasteiger partial charge on any atom is -0.405 e. The van der Waals surface area contributed by atoms with Crippen LogP contribution in [0.1, 0.15) is 33.1 Å². The Morgan fingerprint density at radius 3 is 2.62 bits per heavy atom. The van der Waals surface area contributed by atoms with E-state index in [0.717, 1.165) is 12.8 Å². The minimum absolute atomic E-state index is 0.271. The average molecular weight is 200 g/mol. The Labute approximate surface area is 81.8 Å². The van der Waals surface area contributed by atoms with E-state index in [9.17, 15) is 4.79 Å². The van der Waals surface area contributed by atoms with Gasteiger partial charge in [0, 0.05) is 6.42 Å². The molecule has 1 saturated heterocycles. The summed E-state index contributed by atoms with van der Waals surface area (Å²) in [5.74, 6) is 0.271. The molecular formula is C10H20O2Si. The van der Waals surface area contributed by atoms with E-state index in [4.69, 9.17) is 4.43 Å². The molecule has 0 aliphatic carbocycles. The monoisotopic (exact) mass is 200 g/mol. The Morgan fingerprint density at radius 2 is 2.15 bits per heavy atom. The van der Waals surface area contributed by atoms with Gasteiger partial charge in [-0.15, -0.1) is 0 Å². The fourth-order valence-electron chi connectivity index (χ4n) is 2.13. The van der Waals surface area contributed by atoms with Gasteiger partial charge in [0.2, 0.25) is 0 Å². The number of rotatable bonds is 2. The molecule has 3 heteroatoms. The van der Waals surface area contributed by atoms with Crippen LogP contribution in [0, 0.1) is 0 Å². The van der Waals surface area contributed by atoms with E-state index in [1.54, 1.807) is 0 Å². The highest BCUT2D eigenvalue weighted by Crippen LogP contribution is 2.34. The second-order valence-electron chi connectivity index (χ2n) is 4.72. The normalized spacial score (nSPS) is 32.9. The van der Waals surface area contributed by atoms with Crippen molar-refractivity contribution in [2.45, 2.75) is 57.8 Å². The van der Waals surface area contributed by atoms with Gasteiger partial charge < -0.3 is 4.43 Å². The Balaban J connectivity index is 2.74. The number of hydrogen-bond donors (Lipinski definition) is 0. The first-order valence-electron chi connectivity index (χ1n) is 5.13. The van der Waals surface area contributed by atoms with Gasteiger partial charge in [-0.25, -0.2) is 0 Å². The lowest BCUT2D eigenvalue weighted by molar-refractivity contribution is -0.135. The molecule has 1 unspecified atom stereocenters. The van der Waals surface area contributed by atoms with Gasteiger partial charge in [0.1, 0.15) is 5.60 Å². The zero-order chi connectivity index (χ0) is 10.1. The molecular weight excluding hydrogens is 180 g/mol. The van der Waals surface area contributed by atoms with Gasteiger partial charge in [0.25, 0.3) is 0 Å². The minimum atomic E-state index is -1.53. The largest absolute Gasteiger partial charge is 0.405 e. The van der Waals surface area contributed by atoms with Crippen LogP contribution in [0.15, 0.2) is 0 Å². The van der Waals surface area contributed by atoms with Crippen molar-refractivity contribution in [1.29, 1.82) is 0 Å². The van der Waals surface area contributed by atoms with Gasteiger partial charge in [-0.05, 0) is 32.5 Å². The quantitative estimate of drug-likeness (QED) is 0.641. The van der Waals surface area contributed by atoms with Crippen molar-refractivity contribution in [2.75, 3.05) is 0 Å². The molecule has 2 nitrogen and oxygen atoms in total. The number of Topliss-reactive ketones (excluding diaryl/α,β-unsaturated/α-hetero) is 1. The Bertz CT molecular complexity index is 213. The molecule has 0 aromatic heterocycles. The summed E-state index contributed by atoms with van der Waals surface area (Å²) in [6.07, 6.45) is 2.67. The van der Waals surface area contributed by atoms with Gasteiger partial charge in [-0.1, -0.05) is 13.3 Å². The molecule has 1 aliphatic rings. The van der Waals surface area contributed by atoms with Crippen LogP contribution in [0.4, 0.5) is 0 Å². The van der Waals surface area contributed by atoms with Gasteiger partial charge in [0.05, 0.1) is 0 Å². The first kappa shape index (κ1) is 10.9. The lowest BCUT2D eigenvalue weighted by Gasteiger charge is -2.41. The summed E-state index contributed by atoms with van der Waals surface area (Å²) in [5.41, 5.74) is -0.456. The molecule has 13 heavy (non-hydrogen) atoms. The Morgan fingerprint density at radius 1 is 1.54 bits per heavy atom. The number of ketones is 1. The van der Waals surface area contributed by atoms with E-state index in [2.05, 4.69) is 13.1 Å². The summed E-state index contributed by atoms with van der Waals surface area (Å²) < 4.78 is 6.00. The van der Waals surface area contributed by atoms with Crippen molar-refractivity contribution in [3.05, 3.63) is 0 Å². The summed E-state index contributed by atoms with van der Waals surface area (Å²) >= 11 is 0. The first-order valence-corrected chi connectivity index (χ1v) is 8.25. The maximum atomic E-state index is 11.7. The maximum absolute atomic E-state index is 11.7. The van der Waals surface area contributed by atoms with Crippen molar-refractivity contribution < 1.29 is 9.22 Å². The van der Waals surface area contributed by atoms with E-state index >= 15 is 0 Å². The number of hydrogen-bond acceptors (Lipinski definition) is 2. The lowest BCUT2D eigenvalue weighted by Crippen LogP contribution is -2.51. The van der Waals surface area contributed by atoms with Gasteiger partial charge in [-0.2, -0.15) is 0 Å². The van der Waals surface area contributed by atoms with E-state index in [1.165, 1.54) is 6.04 Å². The SMILES string of the molecule is CCC(=O)C1(C)CCC[Si](C)(C)O1. The number of carbonyl (C=O) groups excluding carboxylic acids is 1. The standard InChI is InChI=1S/C10H20O2Si/c1-5-9(11)10(2)7-6-8-13(3,4)12-10/h5-8H2,1-4H3. The summed E-state index contributed by atoms with van der Waals surface area (Å²) in [5, 5.41) is 0.